The molecule has 2 aromatic rings. The van der Waals surface area contributed by atoms with E-state index >= 15 is 0 Å². The second-order valence-corrected chi connectivity index (χ2v) is 6.41. The fourth-order valence-corrected chi connectivity index (χ4v) is 3.33. The van der Waals surface area contributed by atoms with Crippen molar-refractivity contribution in [3.63, 3.8) is 0 Å². The van der Waals surface area contributed by atoms with Gasteiger partial charge in [-0.15, -0.1) is 0 Å². The van der Waals surface area contributed by atoms with Crippen molar-refractivity contribution in [2.75, 3.05) is 5.32 Å². The van der Waals surface area contributed by atoms with E-state index in [-0.39, 0.29) is 0 Å². The fourth-order valence-electron chi connectivity index (χ4n) is 3.33. The molecule has 1 heterocycles. The van der Waals surface area contributed by atoms with Gasteiger partial charge in [0, 0.05) is 23.3 Å². The number of hydrogen-bond donors (Lipinski definition) is 1. The Labute approximate surface area is 121 Å². The van der Waals surface area contributed by atoms with E-state index in [4.69, 9.17) is 0 Å². The van der Waals surface area contributed by atoms with Gasteiger partial charge in [-0.05, 0) is 61.8 Å². The summed E-state index contributed by atoms with van der Waals surface area (Å²) in [6, 6.07) is 11.3. The highest BCUT2D eigenvalue weighted by molar-refractivity contribution is 5.82. The normalized spacial score (nSPS) is 23.1. The van der Waals surface area contributed by atoms with Gasteiger partial charge in [-0.25, -0.2) is 0 Å². The van der Waals surface area contributed by atoms with Crippen molar-refractivity contribution in [2.45, 2.75) is 45.6 Å². The molecule has 20 heavy (non-hydrogen) atoms. The molecule has 106 valence electrons. The van der Waals surface area contributed by atoms with Gasteiger partial charge in [-0.2, -0.15) is 0 Å². The molecule has 0 aliphatic heterocycles. The minimum atomic E-state index is 0.638. The summed E-state index contributed by atoms with van der Waals surface area (Å²) in [4.78, 5) is 4.37. The Morgan fingerprint density at radius 2 is 1.90 bits per heavy atom. The average molecular weight is 268 g/mol. The number of nitrogens with zero attached hydrogens (tertiary/aromatic N) is 1. The molecule has 1 fully saturated rings. The van der Waals surface area contributed by atoms with E-state index in [0.29, 0.717) is 6.04 Å². The Morgan fingerprint density at radius 1 is 1.10 bits per heavy atom. The molecule has 1 saturated carbocycles. The molecule has 3 rings (SSSR count). The van der Waals surface area contributed by atoms with Crippen LogP contribution in [0.25, 0.3) is 10.9 Å². The first-order valence-corrected chi connectivity index (χ1v) is 7.83. The maximum absolute atomic E-state index is 4.37. The number of aromatic nitrogens is 1. The highest BCUT2D eigenvalue weighted by Crippen LogP contribution is 2.31. The van der Waals surface area contributed by atoms with E-state index in [9.17, 15) is 0 Å². The lowest BCUT2D eigenvalue weighted by molar-refractivity contribution is 0.267. The van der Waals surface area contributed by atoms with Crippen molar-refractivity contribution in [1.29, 1.82) is 0 Å². The Kier molecular flexibility index (Phi) is 3.90. The van der Waals surface area contributed by atoms with Crippen LogP contribution < -0.4 is 5.32 Å². The third-order valence-electron chi connectivity index (χ3n) is 4.69. The van der Waals surface area contributed by atoms with Gasteiger partial charge in [0.2, 0.25) is 0 Å². The number of anilines is 1. The smallest absolute Gasteiger partial charge is 0.0703 e. The maximum atomic E-state index is 4.37. The summed E-state index contributed by atoms with van der Waals surface area (Å²) in [6.07, 6.45) is 7.18. The topological polar surface area (TPSA) is 24.9 Å². The zero-order chi connectivity index (χ0) is 13.9. The first kappa shape index (κ1) is 13.4. The van der Waals surface area contributed by atoms with Crippen LogP contribution in [-0.4, -0.2) is 11.0 Å². The Bertz CT molecular complexity index is 568. The van der Waals surface area contributed by atoms with E-state index in [0.717, 1.165) is 17.4 Å². The predicted octanol–water partition coefficient (Wildman–Crippen LogP) is 4.86. The van der Waals surface area contributed by atoms with Crippen LogP contribution in [0.1, 0.15) is 39.5 Å². The van der Waals surface area contributed by atoms with Crippen LogP contribution in [-0.2, 0) is 0 Å². The molecular formula is C18H24N2. The summed E-state index contributed by atoms with van der Waals surface area (Å²) in [6.45, 7) is 4.71. The first-order chi connectivity index (χ1) is 9.72. The third-order valence-corrected chi connectivity index (χ3v) is 4.69. The Balaban J connectivity index is 1.65. The molecular weight excluding hydrogens is 244 g/mol. The van der Waals surface area contributed by atoms with Gasteiger partial charge >= 0.3 is 0 Å². The predicted molar refractivity (Wildman–Crippen MR) is 85.9 cm³/mol. The minimum Gasteiger partial charge on any atom is -0.382 e. The molecule has 0 radical (unpaired) electrons. The van der Waals surface area contributed by atoms with Crippen LogP contribution in [0.5, 0.6) is 0 Å². The Morgan fingerprint density at radius 3 is 2.65 bits per heavy atom. The standard InChI is InChI=1S/C18H24N2/c1-13(2)14-5-7-16(8-6-14)20-17-9-10-18-15(12-17)4-3-11-19-18/h3-4,9-14,16,20H,5-8H2,1-2H3. The molecule has 1 N–H and O–H groups in total. The van der Waals surface area contributed by atoms with Gasteiger partial charge in [0.05, 0.1) is 5.52 Å². The number of hydrogen-bond acceptors (Lipinski definition) is 2. The van der Waals surface area contributed by atoms with E-state index in [1.165, 1.54) is 36.8 Å². The van der Waals surface area contributed by atoms with Crippen LogP contribution in [0, 0.1) is 11.8 Å². The molecule has 1 aliphatic carbocycles. The molecule has 0 bridgehead atoms. The molecule has 0 amide bonds. The molecule has 1 aromatic heterocycles. The zero-order valence-corrected chi connectivity index (χ0v) is 12.5. The van der Waals surface area contributed by atoms with Crippen molar-refractivity contribution >= 4 is 16.6 Å². The van der Waals surface area contributed by atoms with Crippen molar-refractivity contribution < 1.29 is 0 Å². The highest BCUT2D eigenvalue weighted by Gasteiger charge is 2.22. The monoisotopic (exact) mass is 268 g/mol. The van der Waals surface area contributed by atoms with Crippen LogP contribution in [0.15, 0.2) is 36.5 Å². The van der Waals surface area contributed by atoms with Crippen molar-refractivity contribution in [2.24, 2.45) is 11.8 Å². The van der Waals surface area contributed by atoms with E-state index in [1.54, 1.807) is 0 Å². The quantitative estimate of drug-likeness (QED) is 0.859. The average Bonchev–Trinajstić information content (AvgIpc) is 2.48. The van der Waals surface area contributed by atoms with Gasteiger partial charge in [0.15, 0.2) is 0 Å². The van der Waals surface area contributed by atoms with Crippen LogP contribution in [0.3, 0.4) is 0 Å². The molecule has 1 aromatic carbocycles. The number of rotatable bonds is 3. The number of pyridine rings is 1. The number of fused-ring (bicyclic) bond motifs is 1. The second-order valence-electron chi connectivity index (χ2n) is 6.41. The van der Waals surface area contributed by atoms with Gasteiger partial charge in [0.25, 0.3) is 0 Å². The van der Waals surface area contributed by atoms with Gasteiger partial charge in [-0.3, -0.25) is 4.98 Å². The van der Waals surface area contributed by atoms with Gasteiger partial charge in [-0.1, -0.05) is 19.9 Å². The number of nitrogens with one attached hydrogen (secondary N) is 1. The van der Waals surface area contributed by atoms with E-state index in [2.05, 4.69) is 48.4 Å². The van der Waals surface area contributed by atoms with Crippen LogP contribution in [0.2, 0.25) is 0 Å². The molecule has 0 unspecified atom stereocenters. The maximum Gasteiger partial charge on any atom is 0.0703 e. The molecule has 1 aliphatic rings. The highest BCUT2D eigenvalue weighted by atomic mass is 14.9. The largest absolute Gasteiger partial charge is 0.382 e. The molecule has 2 nitrogen and oxygen atoms in total. The van der Waals surface area contributed by atoms with Crippen LogP contribution in [0.4, 0.5) is 5.69 Å². The minimum absolute atomic E-state index is 0.638. The zero-order valence-electron chi connectivity index (χ0n) is 12.5. The molecule has 2 heteroatoms. The third kappa shape index (κ3) is 2.95. The first-order valence-electron chi connectivity index (χ1n) is 7.83. The lowest BCUT2D eigenvalue weighted by Crippen LogP contribution is -2.27. The van der Waals surface area contributed by atoms with Crippen molar-refractivity contribution in [1.82, 2.24) is 4.98 Å². The molecule has 0 saturated heterocycles. The summed E-state index contributed by atoms with van der Waals surface area (Å²) in [5, 5.41) is 4.92. The van der Waals surface area contributed by atoms with Gasteiger partial charge in [0.1, 0.15) is 0 Å². The van der Waals surface area contributed by atoms with E-state index in [1.807, 2.05) is 12.3 Å². The van der Waals surface area contributed by atoms with Gasteiger partial charge < -0.3 is 5.32 Å². The summed E-state index contributed by atoms with van der Waals surface area (Å²) in [5.41, 5.74) is 2.31. The molecule has 0 spiro atoms. The summed E-state index contributed by atoms with van der Waals surface area (Å²) in [7, 11) is 0. The molecule has 0 atom stereocenters. The summed E-state index contributed by atoms with van der Waals surface area (Å²) in [5.74, 6) is 1.76. The van der Waals surface area contributed by atoms with E-state index < -0.39 is 0 Å². The number of benzene rings is 1. The second kappa shape index (κ2) is 5.82. The van der Waals surface area contributed by atoms with Crippen molar-refractivity contribution in [3.05, 3.63) is 36.5 Å². The SMILES string of the molecule is CC(C)C1CCC(Nc2ccc3ncccc3c2)CC1. The van der Waals surface area contributed by atoms with Crippen molar-refractivity contribution in [3.8, 4) is 0 Å². The summed E-state index contributed by atoms with van der Waals surface area (Å²) >= 11 is 0. The lowest BCUT2D eigenvalue weighted by atomic mass is 9.79. The summed E-state index contributed by atoms with van der Waals surface area (Å²) < 4.78 is 0. The fraction of sp³-hybridized carbons (Fsp3) is 0.500. The Hall–Kier alpha value is -1.57. The van der Waals surface area contributed by atoms with Crippen LogP contribution >= 0.6 is 0 Å². The lowest BCUT2D eigenvalue weighted by Gasteiger charge is -2.31.